The molecule has 3 heteroatoms. The van der Waals surface area contributed by atoms with E-state index >= 15 is 0 Å². The van der Waals surface area contributed by atoms with Crippen molar-refractivity contribution in [3.05, 3.63) is 36.1 Å². The van der Waals surface area contributed by atoms with Crippen molar-refractivity contribution in [1.82, 2.24) is 0 Å². The molecule has 0 fully saturated rings. The van der Waals surface area contributed by atoms with E-state index < -0.39 is 0 Å². The van der Waals surface area contributed by atoms with Gasteiger partial charge in [-0.15, -0.1) is 0 Å². The fourth-order valence-corrected chi connectivity index (χ4v) is 0.415. The second kappa shape index (κ2) is 5.71. The first-order valence-corrected chi connectivity index (χ1v) is 3.60. The van der Waals surface area contributed by atoms with Gasteiger partial charge in [0.2, 0.25) is 0 Å². The number of halogens is 1. The van der Waals surface area contributed by atoms with Gasteiger partial charge in [0, 0.05) is 0 Å². The number of hydrogen-bond acceptors (Lipinski definition) is 1. The Kier molecular flexibility index (Phi) is 5.43. The Bertz CT molecular complexity index is 154. The molecule has 0 aliphatic heterocycles. The van der Waals surface area contributed by atoms with E-state index in [-0.39, 0.29) is 24.1 Å². The van der Waals surface area contributed by atoms with E-state index in [0.717, 1.165) is 0 Å². The van der Waals surface area contributed by atoms with Crippen molar-refractivity contribution in [3.63, 3.8) is 0 Å². The van der Waals surface area contributed by atoms with Crippen LogP contribution in [0.15, 0.2) is 30.3 Å². The first kappa shape index (κ1) is 8.57. The summed E-state index contributed by atoms with van der Waals surface area (Å²) in [5.41, 5.74) is 0. The molecule has 0 spiro atoms. The third-order valence-electron chi connectivity index (χ3n) is 0.733. The van der Waals surface area contributed by atoms with Crippen molar-refractivity contribution in [1.29, 1.82) is 0 Å². The van der Waals surface area contributed by atoms with Gasteiger partial charge in [0.05, 0.1) is 0 Å². The van der Waals surface area contributed by atoms with Crippen LogP contribution in [0.3, 0.4) is 0 Å². The van der Waals surface area contributed by atoms with Gasteiger partial charge in [0.25, 0.3) is 0 Å². The first-order valence-electron chi connectivity index (χ1n) is 2.39. The summed E-state index contributed by atoms with van der Waals surface area (Å²) in [5.74, 6) is -0.178. The molecule has 0 atom stereocenters. The maximum atomic E-state index is 11.9. The molecule has 0 N–H and O–H groups in total. The van der Waals surface area contributed by atoms with E-state index in [9.17, 15) is 4.39 Å². The summed E-state index contributed by atoms with van der Waals surface area (Å²) in [6, 6.07) is 7.94. The second-order valence-electron chi connectivity index (χ2n) is 1.30. The molecule has 0 saturated carbocycles. The van der Waals surface area contributed by atoms with Gasteiger partial charge in [-0.3, -0.25) is 0 Å². The normalized spacial score (nSPS) is 7.44. The SMILES string of the molecule is Fc1ccccc1.[O]=[Zn]. The van der Waals surface area contributed by atoms with Crippen molar-refractivity contribution in [2.24, 2.45) is 0 Å². The van der Waals surface area contributed by atoms with E-state index in [0.29, 0.717) is 0 Å². The molecule has 0 aromatic heterocycles. The van der Waals surface area contributed by atoms with Crippen molar-refractivity contribution < 1.29 is 26.2 Å². The predicted molar refractivity (Wildman–Crippen MR) is 27.1 cm³/mol. The van der Waals surface area contributed by atoms with Crippen LogP contribution in [0.1, 0.15) is 0 Å². The van der Waals surface area contributed by atoms with Crippen LogP contribution in [0.2, 0.25) is 0 Å². The van der Waals surface area contributed by atoms with Crippen LogP contribution >= 0.6 is 0 Å². The summed E-state index contributed by atoms with van der Waals surface area (Å²) >= 11 is 0.125. The average molecular weight is 177 g/mol. The summed E-state index contributed by atoms with van der Waals surface area (Å²) in [6.07, 6.45) is 0. The van der Waals surface area contributed by atoms with Gasteiger partial charge in [-0.2, -0.15) is 0 Å². The van der Waals surface area contributed by atoms with E-state index in [1.165, 1.54) is 12.1 Å². The van der Waals surface area contributed by atoms with Crippen molar-refractivity contribution >= 4 is 0 Å². The molecule has 0 bridgehead atoms. The summed E-state index contributed by atoms with van der Waals surface area (Å²) in [4.78, 5) is 0. The van der Waals surface area contributed by atoms with Gasteiger partial charge in [0.15, 0.2) is 0 Å². The molecule has 0 saturated heterocycles. The summed E-state index contributed by atoms with van der Waals surface area (Å²) < 4.78 is 20.3. The van der Waals surface area contributed by atoms with Gasteiger partial charge < -0.3 is 0 Å². The molecule has 9 heavy (non-hydrogen) atoms. The fraction of sp³-hybridized carbons (Fsp3) is 0. The van der Waals surface area contributed by atoms with Gasteiger partial charge in [0.1, 0.15) is 5.82 Å². The molecule has 1 aromatic rings. The fourth-order valence-electron chi connectivity index (χ4n) is 0.415. The predicted octanol–water partition coefficient (Wildman–Crippen LogP) is 1.70. The molecular weight excluding hydrogens is 172 g/mol. The zero-order valence-electron chi connectivity index (χ0n) is 4.88. The van der Waals surface area contributed by atoms with E-state index in [1.807, 2.05) is 0 Å². The van der Waals surface area contributed by atoms with Gasteiger partial charge in [-0.05, 0) is 12.1 Å². The van der Waals surface area contributed by atoms with Crippen LogP contribution in [0.4, 0.5) is 4.39 Å². The van der Waals surface area contributed by atoms with Gasteiger partial charge in [-0.25, -0.2) is 4.39 Å². The van der Waals surface area contributed by atoms with Gasteiger partial charge in [-0.1, -0.05) is 18.2 Å². The van der Waals surface area contributed by atoms with Crippen LogP contribution in [0, 0.1) is 5.82 Å². The minimum atomic E-state index is -0.178. The summed E-state index contributed by atoms with van der Waals surface area (Å²) in [7, 11) is 0. The molecule has 0 amide bonds. The molecule has 0 aliphatic carbocycles. The molecular formula is C6H5FOZn. The van der Waals surface area contributed by atoms with Crippen molar-refractivity contribution in [2.75, 3.05) is 0 Å². The van der Waals surface area contributed by atoms with Crippen molar-refractivity contribution in [3.8, 4) is 0 Å². The van der Waals surface area contributed by atoms with Crippen LogP contribution in [0.25, 0.3) is 0 Å². The third kappa shape index (κ3) is 4.10. The first-order chi connectivity index (χ1) is 4.39. The standard InChI is InChI=1S/C6H5F.O.Zn/c7-6-4-2-1-3-5-6;;/h1-5H;;. The number of hydrogen-bond donors (Lipinski definition) is 0. The van der Waals surface area contributed by atoms with E-state index in [4.69, 9.17) is 3.57 Å². The van der Waals surface area contributed by atoms with Crippen LogP contribution in [0.5, 0.6) is 0 Å². The Hall–Kier alpha value is -0.427. The Morgan fingerprint density at radius 1 is 1.11 bits per heavy atom. The Morgan fingerprint density at radius 2 is 1.56 bits per heavy atom. The molecule has 0 aliphatic rings. The van der Waals surface area contributed by atoms with E-state index in [1.54, 1.807) is 18.2 Å². The number of rotatable bonds is 0. The molecule has 0 heterocycles. The molecule has 44 valence electrons. The van der Waals surface area contributed by atoms with Gasteiger partial charge >= 0.3 is 21.8 Å². The van der Waals surface area contributed by atoms with Crippen LogP contribution < -0.4 is 0 Å². The Balaban J connectivity index is 0.000000291. The zero-order valence-corrected chi connectivity index (χ0v) is 7.85. The maximum absolute atomic E-state index is 11.9. The minimum absolute atomic E-state index is 0.125. The summed E-state index contributed by atoms with van der Waals surface area (Å²) in [5, 5.41) is 0. The monoisotopic (exact) mass is 176 g/mol. The number of benzene rings is 1. The second-order valence-corrected chi connectivity index (χ2v) is 1.30. The Labute approximate surface area is 62.8 Å². The third-order valence-corrected chi connectivity index (χ3v) is 0.733. The van der Waals surface area contributed by atoms with E-state index in [2.05, 4.69) is 0 Å². The molecule has 0 unspecified atom stereocenters. The quantitative estimate of drug-likeness (QED) is 0.552. The molecule has 1 rings (SSSR count). The van der Waals surface area contributed by atoms with Crippen LogP contribution in [-0.2, 0) is 21.8 Å². The summed E-state index contributed by atoms with van der Waals surface area (Å²) in [6.45, 7) is 0. The topological polar surface area (TPSA) is 17.1 Å². The average Bonchev–Trinajstić information content (AvgIpc) is 1.94. The van der Waals surface area contributed by atoms with Crippen molar-refractivity contribution in [2.45, 2.75) is 0 Å². The van der Waals surface area contributed by atoms with Crippen LogP contribution in [-0.4, -0.2) is 0 Å². The molecule has 0 radical (unpaired) electrons. The molecule has 1 nitrogen and oxygen atoms in total. The zero-order chi connectivity index (χ0) is 7.11. The molecule has 1 aromatic carbocycles. The Morgan fingerprint density at radius 3 is 1.78 bits per heavy atom.